The molecule has 0 amide bonds. The van der Waals surface area contributed by atoms with E-state index in [0.29, 0.717) is 0 Å². The second-order valence-corrected chi connectivity index (χ2v) is 11.5. The average Bonchev–Trinajstić information content (AvgIpc) is 2.63. The van der Waals surface area contributed by atoms with Crippen LogP contribution in [0, 0.1) is 11.8 Å². The molecule has 0 atom stereocenters. The van der Waals surface area contributed by atoms with Crippen LogP contribution in [0.25, 0.3) is 0 Å². The molecule has 0 heterocycles. The molecule has 0 radical (unpaired) electrons. The average molecular weight is 658 g/mol. The van der Waals surface area contributed by atoms with Crippen LogP contribution in [0.5, 0.6) is 0 Å². The molecule has 0 aliphatic heterocycles. The van der Waals surface area contributed by atoms with Crippen molar-refractivity contribution in [3.63, 3.8) is 0 Å². The van der Waals surface area contributed by atoms with Crippen LogP contribution in [0.3, 0.4) is 0 Å². The summed E-state index contributed by atoms with van der Waals surface area (Å²) >= 11 is 0. The number of hydrogen-bond donors (Lipinski definition) is 1. The number of hydrogen-bond acceptors (Lipinski definition) is 2. The zero-order chi connectivity index (χ0) is 33.6. The van der Waals surface area contributed by atoms with E-state index in [4.69, 9.17) is 4.55 Å². The Hall–Kier alpha value is -1.32. The Kier molecular flexibility index (Phi) is 11.6. The molecule has 0 aliphatic rings. The van der Waals surface area contributed by atoms with Crippen LogP contribution >= 0.6 is 0 Å². The van der Waals surface area contributed by atoms with Gasteiger partial charge in [0.15, 0.2) is 0 Å². The Balaban J connectivity index is 0. The molecule has 0 unspecified atom stereocenters. The van der Waals surface area contributed by atoms with Gasteiger partial charge in [0.05, 0.1) is 27.2 Å². The zero-order valence-electron chi connectivity index (χ0n) is 21.1. The maximum absolute atomic E-state index is 13.0. The Bertz CT molecular complexity index is 945. The lowest BCUT2D eigenvalue weighted by molar-refractivity contribution is -0.896. The van der Waals surface area contributed by atoms with Crippen molar-refractivity contribution in [2.45, 2.75) is 74.7 Å². The van der Waals surface area contributed by atoms with Crippen LogP contribution in [0.1, 0.15) is 27.7 Å². The molecule has 4 nitrogen and oxygen atoms in total. The fourth-order valence-corrected chi connectivity index (χ4v) is 3.82. The summed E-state index contributed by atoms with van der Waals surface area (Å²) in [5.41, 5.74) is 0. The predicted molar refractivity (Wildman–Crippen MR) is 104 cm³/mol. The number of quaternary nitrogens is 1. The lowest BCUT2D eigenvalue weighted by Gasteiger charge is -2.42. The first-order valence-corrected chi connectivity index (χ1v) is 11.8. The molecule has 1 N–H and O–H groups in total. The van der Waals surface area contributed by atoms with Crippen LogP contribution in [-0.2, 0) is 10.1 Å². The van der Waals surface area contributed by atoms with E-state index in [1.165, 1.54) is 13.1 Å². The van der Waals surface area contributed by atoms with Gasteiger partial charge < -0.3 is 4.48 Å². The van der Waals surface area contributed by atoms with Gasteiger partial charge in [0, 0.05) is 11.8 Å². The summed E-state index contributed by atoms with van der Waals surface area (Å²) in [5.74, 6) is -50.3. The Labute approximate surface area is 216 Å². The molecule has 0 aromatic carbocycles. The van der Waals surface area contributed by atoms with Crippen molar-refractivity contribution in [3.05, 3.63) is 0 Å². The molecule has 0 aromatic rings. The molecule has 0 rings (SSSR count). The van der Waals surface area contributed by atoms with Gasteiger partial charge in [0.2, 0.25) is 0 Å². The van der Waals surface area contributed by atoms with Crippen molar-refractivity contribution >= 4 is 10.1 Å². The van der Waals surface area contributed by atoms with E-state index in [2.05, 4.69) is 41.8 Å². The molecule has 22 heteroatoms. The van der Waals surface area contributed by atoms with E-state index < -0.39 is 57.1 Å². The maximum Gasteiger partial charge on any atom is 0.460 e. The van der Waals surface area contributed by atoms with Crippen molar-refractivity contribution in [1.29, 1.82) is 0 Å². The summed E-state index contributed by atoms with van der Waals surface area (Å²) in [5, 5.41) is -7.84. The fourth-order valence-electron chi connectivity index (χ4n) is 3.36. The second-order valence-electron chi connectivity index (χ2n) is 10.0. The Morgan fingerprint density at radius 1 is 0.525 bits per heavy atom. The van der Waals surface area contributed by atoms with Crippen LogP contribution in [0.4, 0.5) is 74.6 Å². The molecule has 40 heavy (non-hydrogen) atoms. The predicted octanol–water partition coefficient (Wildman–Crippen LogP) is 7.22. The monoisotopic (exact) mass is 658 g/mol. The summed E-state index contributed by atoms with van der Waals surface area (Å²) in [6.45, 7) is 11.7. The normalized spacial score (nSPS) is 15.8. The Morgan fingerprint density at radius 2 is 0.750 bits per heavy atom. The highest BCUT2D eigenvalue weighted by atomic mass is 32.2. The minimum atomic E-state index is -8.89. The molecular weight excluding hydrogens is 633 g/mol. The third-order valence-corrected chi connectivity index (χ3v) is 5.64. The van der Waals surface area contributed by atoms with Crippen LogP contribution in [-0.4, -0.2) is 91.6 Å². The lowest BCUT2D eigenvalue weighted by atomic mass is 9.91. The molecule has 0 aromatic heterocycles. The topological polar surface area (TPSA) is 54.4 Å². The molecule has 0 saturated carbocycles. The quantitative estimate of drug-likeness (QED) is 0.145. The zero-order valence-corrected chi connectivity index (χ0v) is 21.9. The van der Waals surface area contributed by atoms with Crippen molar-refractivity contribution in [3.8, 4) is 0 Å². The van der Waals surface area contributed by atoms with Crippen molar-refractivity contribution in [2.75, 3.05) is 27.2 Å². The van der Waals surface area contributed by atoms with Gasteiger partial charge in [-0.25, -0.2) is 0 Å². The van der Waals surface area contributed by atoms with E-state index in [-0.39, 0.29) is 0 Å². The third kappa shape index (κ3) is 7.17. The molecule has 0 fully saturated rings. The first-order valence-electron chi connectivity index (χ1n) is 10.3. The summed E-state index contributed by atoms with van der Waals surface area (Å²) < 4.78 is 244. The summed E-state index contributed by atoms with van der Waals surface area (Å²) in [6, 6.07) is 0. The second kappa shape index (κ2) is 11.4. The fraction of sp³-hybridized carbons (Fsp3) is 1.00. The smallest absolute Gasteiger partial charge is 0.328 e. The van der Waals surface area contributed by atoms with Gasteiger partial charge in [-0.3, -0.25) is 4.55 Å². The van der Waals surface area contributed by atoms with Gasteiger partial charge in [0.25, 0.3) is 0 Å². The standard InChI is InChI=1S/C10H24N.C8HF17O3S/c1-9(2)7-11(5,6)8-10(3)4;9-1(10,3(13,14)5(17,18)7(21,22)23)2(11,12)4(15,16)6(19,20)8(24,25)29(26,27)28/h9-10H,7-8H2,1-6H3;(H,26,27,28)/q+1;. The minimum absolute atomic E-state index is 0.809. The minimum Gasteiger partial charge on any atom is -0.328 e. The highest BCUT2D eigenvalue weighted by molar-refractivity contribution is 7.87. The molecule has 244 valence electrons. The Morgan fingerprint density at radius 3 is 0.950 bits per heavy atom. The van der Waals surface area contributed by atoms with Crippen molar-refractivity contribution in [2.24, 2.45) is 11.8 Å². The largest absolute Gasteiger partial charge is 0.460 e. The SMILES string of the molecule is CC(C)C[N+](C)(C)CC(C)C.O=S(=O)(O)C(F)(F)C(F)(F)C(F)(F)C(F)(F)C(F)(F)C(F)(F)C(F)(F)C(F)(F)F. The van der Waals surface area contributed by atoms with Gasteiger partial charge >= 0.3 is 57.1 Å². The van der Waals surface area contributed by atoms with Crippen molar-refractivity contribution in [1.82, 2.24) is 0 Å². The van der Waals surface area contributed by atoms with Crippen LogP contribution in [0.2, 0.25) is 0 Å². The van der Waals surface area contributed by atoms with Gasteiger partial charge in [-0.2, -0.15) is 83.1 Å². The summed E-state index contributed by atoms with van der Waals surface area (Å²) in [4.78, 5) is 0. The van der Waals surface area contributed by atoms with Gasteiger partial charge in [0.1, 0.15) is 0 Å². The van der Waals surface area contributed by atoms with Gasteiger partial charge in [-0.05, 0) is 0 Å². The highest BCUT2D eigenvalue weighted by Gasteiger charge is 2.96. The first-order chi connectivity index (χ1) is 16.8. The first kappa shape index (κ1) is 40.8. The summed E-state index contributed by atoms with van der Waals surface area (Å²) in [7, 11) is -3.25. The molecule has 0 saturated heterocycles. The molecule has 0 spiro atoms. The number of halogens is 17. The van der Waals surface area contributed by atoms with E-state index in [1.807, 2.05) is 0 Å². The number of nitrogens with zero attached hydrogens (tertiary/aromatic N) is 1. The maximum atomic E-state index is 13.0. The lowest BCUT2D eigenvalue weighted by Crippen LogP contribution is -2.74. The summed E-state index contributed by atoms with van der Waals surface area (Å²) in [6.07, 6.45) is -7.88. The number of rotatable bonds is 11. The van der Waals surface area contributed by atoms with Crippen LogP contribution in [0.15, 0.2) is 0 Å². The van der Waals surface area contributed by atoms with E-state index in [1.54, 1.807) is 0 Å². The molecule has 0 bridgehead atoms. The van der Waals surface area contributed by atoms with Crippen molar-refractivity contribution < 1.29 is 92.1 Å². The van der Waals surface area contributed by atoms with E-state index >= 15 is 0 Å². The molecule has 0 aliphatic carbocycles. The van der Waals surface area contributed by atoms with Gasteiger partial charge in [-0.1, -0.05) is 27.7 Å². The molecular formula is C18H25F17NO3S+. The highest BCUT2D eigenvalue weighted by Crippen LogP contribution is 2.64. The number of alkyl halides is 17. The van der Waals surface area contributed by atoms with Gasteiger partial charge in [-0.15, -0.1) is 0 Å². The van der Waals surface area contributed by atoms with E-state index in [9.17, 15) is 83.1 Å². The third-order valence-electron chi connectivity index (χ3n) is 4.74. The van der Waals surface area contributed by atoms with E-state index in [0.717, 1.165) is 16.3 Å². The van der Waals surface area contributed by atoms with Crippen LogP contribution < -0.4 is 0 Å².